The van der Waals surface area contributed by atoms with Gasteiger partial charge in [-0.05, 0) is 79.5 Å². The molecule has 0 spiro atoms. The molecule has 4 atom stereocenters. The predicted octanol–water partition coefficient (Wildman–Crippen LogP) is 4.87. The molecule has 2 aliphatic rings. The molecule has 3 rings (SSSR count). The van der Waals surface area contributed by atoms with Crippen LogP contribution in [0.5, 0.6) is 5.75 Å². The molecule has 0 bridgehead atoms. The first-order chi connectivity index (χ1) is 11.8. The minimum Gasteiger partial charge on any atom is -0.508 e. The number of aromatic hydroxyl groups is 1. The van der Waals surface area contributed by atoms with Gasteiger partial charge in [0.2, 0.25) is 0 Å². The Morgan fingerprint density at radius 1 is 0.923 bits per heavy atom. The number of benzene rings is 1. The second kappa shape index (κ2) is 6.81. The molecule has 2 aliphatic heterocycles. The fourth-order valence-electron chi connectivity index (χ4n) is 3.50. The maximum Gasteiger partial charge on any atom is 0.120 e. The summed E-state index contributed by atoms with van der Waals surface area (Å²) in [6.45, 7) is 18.9. The van der Waals surface area contributed by atoms with E-state index in [1.165, 1.54) is 5.56 Å². The van der Waals surface area contributed by atoms with Crippen LogP contribution in [0.25, 0.3) is 0 Å². The second-order valence-electron chi connectivity index (χ2n) is 8.88. The first-order valence-electron chi connectivity index (χ1n) is 9.63. The van der Waals surface area contributed by atoms with Crippen LogP contribution >= 0.6 is 0 Å². The van der Waals surface area contributed by atoms with Crippen LogP contribution in [-0.2, 0) is 20.6 Å². The first kappa shape index (κ1) is 21.2. The summed E-state index contributed by atoms with van der Waals surface area (Å²) >= 11 is 0. The van der Waals surface area contributed by atoms with Gasteiger partial charge in [-0.2, -0.15) is 0 Å². The van der Waals surface area contributed by atoms with Crippen molar-refractivity contribution < 1.29 is 19.3 Å². The lowest BCUT2D eigenvalue weighted by molar-refractivity contribution is -0.177. The van der Waals surface area contributed by atoms with E-state index in [1.807, 2.05) is 12.1 Å². The third kappa shape index (κ3) is 3.92. The van der Waals surface area contributed by atoms with Gasteiger partial charge in [0.05, 0.1) is 23.4 Å². The van der Waals surface area contributed by atoms with Crippen molar-refractivity contribution >= 4 is 0 Å². The van der Waals surface area contributed by atoms with E-state index in [4.69, 9.17) is 19.3 Å². The summed E-state index contributed by atoms with van der Waals surface area (Å²) in [6.07, 6.45) is 1.55. The summed E-state index contributed by atoms with van der Waals surface area (Å²) in [5, 5.41) is 8.85. The van der Waals surface area contributed by atoms with E-state index in [1.54, 1.807) is 12.1 Å². The zero-order valence-corrected chi connectivity index (χ0v) is 17.8. The van der Waals surface area contributed by atoms with Crippen LogP contribution in [0.1, 0.15) is 67.9 Å². The third-order valence-electron chi connectivity index (χ3n) is 6.53. The molecule has 2 saturated heterocycles. The Hall–Kier alpha value is -1.10. The van der Waals surface area contributed by atoms with Crippen molar-refractivity contribution in [3.63, 3.8) is 0 Å². The predicted molar refractivity (Wildman–Crippen MR) is 105 cm³/mol. The van der Waals surface area contributed by atoms with Gasteiger partial charge in [0.25, 0.3) is 0 Å². The second-order valence-corrected chi connectivity index (χ2v) is 8.88. The van der Waals surface area contributed by atoms with Crippen molar-refractivity contribution in [3.8, 4) is 5.75 Å². The fraction of sp³-hybridized carbons (Fsp3) is 0.727. The van der Waals surface area contributed by atoms with Crippen LogP contribution in [-0.4, -0.2) is 39.7 Å². The minimum atomic E-state index is -0.315. The summed E-state index contributed by atoms with van der Waals surface area (Å²) in [6, 6.07) is 7.27. The Labute approximate surface area is 158 Å². The molecule has 0 aliphatic carbocycles. The number of ether oxygens (including phenoxy) is 3. The maximum absolute atomic E-state index is 8.85. The minimum absolute atomic E-state index is 0.182. The van der Waals surface area contributed by atoms with Gasteiger partial charge in [-0.1, -0.05) is 19.1 Å². The molecule has 4 nitrogen and oxygen atoms in total. The molecular formula is C22H36O4. The monoisotopic (exact) mass is 364 g/mol. The van der Waals surface area contributed by atoms with Crippen molar-refractivity contribution in [2.24, 2.45) is 0 Å². The third-order valence-corrected chi connectivity index (χ3v) is 6.53. The van der Waals surface area contributed by atoms with E-state index in [9.17, 15) is 0 Å². The lowest BCUT2D eigenvalue weighted by atomic mass is 9.85. The largest absolute Gasteiger partial charge is 0.508 e. The molecule has 26 heavy (non-hydrogen) atoms. The quantitative estimate of drug-likeness (QED) is 0.757. The van der Waals surface area contributed by atoms with Crippen LogP contribution in [0.15, 0.2) is 24.3 Å². The molecule has 4 heteroatoms. The number of hydrogen-bond acceptors (Lipinski definition) is 4. The maximum atomic E-state index is 8.85. The van der Waals surface area contributed by atoms with E-state index in [0.29, 0.717) is 5.75 Å². The van der Waals surface area contributed by atoms with Gasteiger partial charge in [0.15, 0.2) is 0 Å². The number of rotatable bonds is 5. The Morgan fingerprint density at radius 2 is 1.27 bits per heavy atom. The lowest BCUT2D eigenvalue weighted by Gasteiger charge is -2.41. The smallest absolute Gasteiger partial charge is 0.120 e. The van der Waals surface area contributed by atoms with Gasteiger partial charge >= 0.3 is 0 Å². The number of epoxide rings is 2. The molecule has 2 heterocycles. The number of aryl methyl sites for hydroxylation is 1. The van der Waals surface area contributed by atoms with Gasteiger partial charge < -0.3 is 19.3 Å². The van der Waals surface area contributed by atoms with Gasteiger partial charge in [0.1, 0.15) is 17.0 Å². The molecule has 4 unspecified atom stereocenters. The molecule has 0 amide bonds. The highest BCUT2D eigenvalue weighted by molar-refractivity contribution is 5.25. The number of phenols is 1. The zero-order valence-electron chi connectivity index (χ0n) is 17.8. The van der Waals surface area contributed by atoms with Gasteiger partial charge in [-0.3, -0.25) is 0 Å². The van der Waals surface area contributed by atoms with E-state index in [2.05, 4.69) is 62.3 Å². The molecular weight excluding hydrogens is 328 g/mol. The molecule has 0 saturated carbocycles. The summed E-state index contributed by atoms with van der Waals surface area (Å²) in [7, 11) is 0. The summed E-state index contributed by atoms with van der Waals surface area (Å²) in [5.74, 6) is 0.340. The van der Waals surface area contributed by atoms with E-state index in [0.717, 1.165) is 6.42 Å². The van der Waals surface area contributed by atoms with Crippen LogP contribution in [0.3, 0.4) is 0 Å². The molecule has 148 valence electrons. The highest BCUT2D eigenvalue weighted by Gasteiger charge is 2.66. The van der Waals surface area contributed by atoms with Crippen molar-refractivity contribution in [3.05, 3.63) is 29.8 Å². The summed E-state index contributed by atoms with van der Waals surface area (Å²) in [4.78, 5) is 0. The van der Waals surface area contributed by atoms with Crippen LogP contribution < -0.4 is 0 Å². The van der Waals surface area contributed by atoms with E-state index >= 15 is 0 Å². The number of hydrogen-bond donors (Lipinski definition) is 1. The molecule has 1 N–H and O–H groups in total. The topological polar surface area (TPSA) is 54.5 Å². The molecule has 0 aromatic heterocycles. The van der Waals surface area contributed by atoms with E-state index in [-0.39, 0.29) is 34.6 Å². The standard InChI is InChI=1S/C14H26O3.C8H10O/c1-9-13(7,15-9)11(3,4)17-12(5,6)14(8)10(2)16-14;1-2-7-3-5-8(9)6-4-7/h9-10H,1-8H3;3-6,9H,2H2,1H3. The SMILES string of the molecule is CC1OC1(C)C(C)(C)OC(C)(C)C1(C)OC1C.CCc1ccc(O)cc1. The van der Waals surface area contributed by atoms with Crippen molar-refractivity contribution in [2.75, 3.05) is 0 Å². The zero-order chi connectivity index (χ0) is 20.0. The normalized spacial score (nSPS) is 33.3. The Morgan fingerprint density at radius 3 is 1.54 bits per heavy atom. The highest BCUT2D eigenvalue weighted by atomic mass is 16.7. The average Bonchev–Trinajstić information content (AvgIpc) is 3.37. The molecule has 2 fully saturated rings. The lowest BCUT2D eigenvalue weighted by Crippen LogP contribution is -2.53. The summed E-state index contributed by atoms with van der Waals surface area (Å²) in [5.41, 5.74) is 0.264. The van der Waals surface area contributed by atoms with Crippen LogP contribution in [0.2, 0.25) is 0 Å². The summed E-state index contributed by atoms with van der Waals surface area (Å²) < 4.78 is 17.8. The first-order valence-corrected chi connectivity index (χ1v) is 9.63. The van der Waals surface area contributed by atoms with Gasteiger partial charge in [-0.25, -0.2) is 0 Å². The highest BCUT2D eigenvalue weighted by Crippen LogP contribution is 2.53. The molecule has 0 radical (unpaired) electrons. The van der Waals surface area contributed by atoms with Crippen molar-refractivity contribution in [2.45, 2.75) is 103 Å². The Bertz CT molecular complexity index is 590. The molecule has 1 aromatic rings. The van der Waals surface area contributed by atoms with Crippen LogP contribution in [0, 0.1) is 0 Å². The fourth-order valence-corrected chi connectivity index (χ4v) is 3.50. The Balaban J connectivity index is 0.000000228. The van der Waals surface area contributed by atoms with Crippen LogP contribution in [0.4, 0.5) is 0 Å². The van der Waals surface area contributed by atoms with Gasteiger partial charge in [0, 0.05) is 0 Å². The number of phenolic OH excluding ortho intramolecular Hbond substituents is 1. The van der Waals surface area contributed by atoms with Crippen molar-refractivity contribution in [1.29, 1.82) is 0 Å². The van der Waals surface area contributed by atoms with E-state index < -0.39 is 0 Å². The Kier molecular flexibility index (Phi) is 5.55. The average molecular weight is 365 g/mol. The molecule has 1 aromatic carbocycles. The van der Waals surface area contributed by atoms with Crippen molar-refractivity contribution in [1.82, 2.24) is 0 Å². The van der Waals surface area contributed by atoms with Gasteiger partial charge in [-0.15, -0.1) is 0 Å².